The molecule has 20 heavy (non-hydrogen) atoms. The molecule has 0 saturated heterocycles. The number of carbonyl (C=O) groups is 1. The molecule has 0 aromatic heterocycles. The van der Waals surface area contributed by atoms with Crippen LogP contribution in [0.2, 0.25) is 0 Å². The highest BCUT2D eigenvalue weighted by molar-refractivity contribution is 7.99. The maximum absolute atomic E-state index is 11.9. The standard InChI is InChI=1S/C14H22N2O3S/c1-10(13(9-17)20-3)15-8-14(18)16-11-6-4-5-7-12(11)19-2/h4-7,10,13,15,17H,8-9H2,1-3H3,(H,16,18). The number of hydrogen-bond donors (Lipinski definition) is 3. The average Bonchev–Trinajstić information content (AvgIpc) is 2.47. The lowest BCUT2D eigenvalue weighted by Crippen LogP contribution is -2.41. The van der Waals surface area contributed by atoms with Gasteiger partial charge in [-0.05, 0) is 25.3 Å². The molecule has 0 aliphatic heterocycles. The molecular formula is C14H22N2O3S. The lowest BCUT2D eigenvalue weighted by molar-refractivity contribution is -0.115. The average molecular weight is 298 g/mol. The second-order valence-electron chi connectivity index (χ2n) is 4.37. The van der Waals surface area contributed by atoms with Crippen LogP contribution in [0, 0.1) is 0 Å². The van der Waals surface area contributed by atoms with Crippen molar-refractivity contribution in [3.05, 3.63) is 24.3 Å². The first-order valence-electron chi connectivity index (χ1n) is 6.42. The van der Waals surface area contributed by atoms with E-state index in [0.717, 1.165) is 0 Å². The van der Waals surface area contributed by atoms with E-state index in [9.17, 15) is 9.90 Å². The van der Waals surface area contributed by atoms with E-state index in [4.69, 9.17) is 4.74 Å². The minimum absolute atomic E-state index is 0.0541. The van der Waals surface area contributed by atoms with Crippen LogP contribution in [0.15, 0.2) is 24.3 Å². The molecule has 0 spiro atoms. The summed E-state index contributed by atoms with van der Waals surface area (Å²) in [5.41, 5.74) is 0.651. The highest BCUT2D eigenvalue weighted by Gasteiger charge is 2.16. The highest BCUT2D eigenvalue weighted by atomic mass is 32.2. The van der Waals surface area contributed by atoms with Gasteiger partial charge in [-0.2, -0.15) is 11.8 Å². The van der Waals surface area contributed by atoms with Crippen molar-refractivity contribution in [3.8, 4) is 5.75 Å². The van der Waals surface area contributed by atoms with Crippen molar-refractivity contribution in [1.82, 2.24) is 5.32 Å². The third-order valence-corrected chi connectivity index (χ3v) is 4.17. The number of nitrogens with one attached hydrogen (secondary N) is 2. The fourth-order valence-electron chi connectivity index (χ4n) is 1.76. The summed E-state index contributed by atoms with van der Waals surface area (Å²) in [5.74, 6) is 0.491. The second-order valence-corrected chi connectivity index (χ2v) is 5.45. The van der Waals surface area contributed by atoms with Crippen molar-refractivity contribution >= 4 is 23.4 Å². The van der Waals surface area contributed by atoms with Crippen molar-refractivity contribution in [2.75, 3.05) is 31.8 Å². The number of para-hydroxylation sites is 2. The van der Waals surface area contributed by atoms with E-state index < -0.39 is 0 Å². The zero-order chi connectivity index (χ0) is 15.0. The number of anilines is 1. The molecule has 5 nitrogen and oxygen atoms in total. The molecule has 1 aromatic rings. The number of rotatable bonds is 8. The van der Waals surface area contributed by atoms with Crippen molar-refractivity contribution in [2.24, 2.45) is 0 Å². The van der Waals surface area contributed by atoms with Gasteiger partial charge in [0.15, 0.2) is 0 Å². The molecule has 1 amide bonds. The first kappa shape index (κ1) is 16.8. The number of amides is 1. The summed E-state index contributed by atoms with van der Waals surface area (Å²) in [5, 5.41) is 15.2. The molecular weight excluding hydrogens is 276 g/mol. The summed E-state index contributed by atoms with van der Waals surface area (Å²) in [6.07, 6.45) is 1.94. The monoisotopic (exact) mass is 298 g/mol. The van der Waals surface area contributed by atoms with Crippen LogP contribution >= 0.6 is 11.8 Å². The van der Waals surface area contributed by atoms with Gasteiger partial charge in [0.05, 0.1) is 25.9 Å². The van der Waals surface area contributed by atoms with Crippen LogP contribution in [0.25, 0.3) is 0 Å². The van der Waals surface area contributed by atoms with Crippen LogP contribution in [0.5, 0.6) is 5.75 Å². The van der Waals surface area contributed by atoms with Gasteiger partial charge in [0.1, 0.15) is 5.75 Å². The van der Waals surface area contributed by atoms with Crippen molar-refractivity contribution < 1.29 is 14.6 Å². The number of aliphatic hydroxyl groups excluding tert-OH is 1. The first-order valence-corrected chi connectivity index (χ1v) is 7.71. The predicted octanol–water partition coefficient (Wildman–Crippen LogP) is 1.34. The van der Waals surface area contributed by atoms with E-state index in [1.807, 2.05) is 25.3 Å². The molecule has 6 heteroatoms. The van der Waals surface area contributed by atoms with Crippen LogP contribution in [-0.2, 0) is 4.79 Å². The van der Waals surface area contributed by atoms with Gasteiger partial charge in [0.25, 0.3) is 0 Å². The Morgan fingerprint density at radius 2 is 2.15 bits per heavy atom. The van der Waals surface area contributed by atoms with E-state index in [2.05, 4.69) is 10.6 Å². The minimum Gasteiger partial charge on any atom is -0.495 e. The van der Waals surface area contributed by atoms with Crippen LogP contribution in [-0.4, -0.2) is 48.8 Å². The van der Waals surface area contributed by atoms with Crippen LogP contribution < -0.4 is 15.4 Å². The third kappa shape index (κ3) is 5.03. The number of benzene rings is 1. The van der Waals surface area contributed by atoms with Crippen molar-refractivity contribution in [2.45, 2.75) is 18.2 Å². The van der Waals surface area contributed by atoms with E-state index in [0.29, 0.717) is 11.4 Å². The zero-order valence-corrected chi connectivity index (χ0v) is 12.9. The maximum Gasteiger partial charge on any atom is 0.238 e. The van der Waals surface area contributed by atoms with Gasteiger partial charge in [-0.15, -0.1) is 0 Å². The van der Waals surface area contributed by atoms with Gasteiger partial charge < -0.3 is 20.5 Å². The van der Waals surface area contributed by atoms with Crippen LogP contribution in [0.3, 0.4) is 0 Å². The Morgan fingerprint density at radius 3 is 2.75 bits per heavy atom. The number of ether oxygens (including phenoxy) is 1. The molecule has 0 heterocycles. The Labute approximate surface area is 124 Å². The molecule has 1 rings (SSSR count). The second kappa shape index (κ2) is 8.84. The third-order valence-electron chi connectivity index (χ3n) is 3.01. The Balaban J connectivity index is 2.48. The fraction of sp³-hybridized carbons (Fsp3) is 0.500. The Kier molecular flexibility index (Phi) is 7.43. The quantitative estimate of drug-likeness (QED) is 0.675. The molecule has 1 aromatic carbocycles. The van der Waals surface area contributed by atoms with Crippen LogP contribution in [0.1, 0.15) is 6.92 Å². The Bertz CT molecular complexity index is 425. The largest absolute Gasteiger partial charge is 0.495 e. The smallest absolute Gasteiger partial charge is 0.238 e. The van der Waals surface area contributed by atoms with E-state index in [1.165, 1.54) is 0 Å². The molecule has 112 valence electrons. The van der Waals surface area contributed by atoms with Gasteiger partial charge in [-0.1, -0.05) is 12.1 Å². The molecule has 2 unspecified atom stereocenters. The topological polar surface area (TPSA) is 70.6 Å². The minimum atomic E-state index is -0.140. The van der Waals surface area contributed by atoms with Crippen molar-refractivity contribution in [3.63, 3.8) is 0 Å². The lowest BCUT2D eigenvalue weighted by atomic mass is 10.2. The summed E-state index contributed by atoms with van der Waals surface area (Å²) in [6, 6.07) is 7.32. The SMILES string of the molecule is COc1ccccc1NC(=O)CNC(C)C(CO)SC. The summed E-state index contributed by atoms with van der Waals surface area (Å²) < 4.78 is 5.17. The molecule has 0 aliphatic carbocycles. The zero-order valence-electron chi connectivity index (χ0n) is 12.1. The van der Waals surface area contributed by atoms with Crippen molar-refractivity contribution in [1.29, 1.82) is 0 Å². The molecule has 2 atom stereocenters. The Morgan fingerprint density at radius 1 is 1.45 bits per heavy atom. The number of hydrogen-bond acceptors (Lipinski definition) is 5. The highest BCUT2D eigenvalue weighted by Crippen LogP contribution is 2.22. The summed E-state index contributed by atoms with van der Waals surface area (Å²) in [6.45, 7) is 2.23. The molecule has 0 saturated carbocycles. The number of methoxy groups -OCH3 is 1. The maximum atomic E-state index is 11.9. The van der Waals surface area contributed by atoms with E-state index in [-0.39, 0.29) is 30.4 Å². The Hall–Kier alpha value is -1.24. The summed E-state index contributed by atoms with van der Waals surface area (Å²) in [4.78, 5) is 11.9. The van der Waals surface area contributed by atoms with Gasteiger partial charge in [0.2, 0.25) is 5.91 Å². The number of carbonyl (C=O) groups excluding carboxylic acids is 1. The van der Waals surface area contributed by atoms with Crippen LogP contribution in [0.4, 0.5) is 5.69 Å². The molecule has 0 fully saturated rings. The molecule has 0 aliphatic rings. The predicted molar refractivity (Wildman–Crippen MR) is 83.5 cm³/mol. The first-order chi connectivity index (χ1) is 9.62. The fourth-order valence-corrected chi connectivity index (χ4v) is 2.42. The van der Waals surface area contributed by atoms with E-state index >= 15 is 0 Å². The van der Waals surface area contributed by atoms with E-state index in [1.54, 1.807) is 31.0 Å². The molecule has 0 bridgehead atoms. The van der Waals surface area contributed by atoms with Gasteiger partial charge >= 0.3 is 0 Å². The van der Waals surface area contributed by atoms with Gasteiger partial charge in [-0.3, -0.25) is 4.79 Å². The van der Waals surface area contributed by atoms with Gasteiger partial charge in [-0.25, -0.2) is 0 Å². The lowest BCUT2D eigenvalue weighted by Gasteiger charge is -2.21. The molecule has 3 N–H and O–H groups in total. The number of aliphatic hydroxyl groups is 1. The number of thioether (sulfide) groups is 1. The molecule has 0 radical (unpaired) electrons. The summed E-state index contributed by atoms with van der Waals surface area (Å²) in [7, 11) is 1.57. The van der Waals surface area contributed by atoms with Gasteiger partial charge in [0, 0.05) is 11.3 Å². The summed E-state index contributed by atoms with van der Waals surface area (Å²) >= 11 is 1.58. The normalized spacial score (nSPS) is 13.6.